The minimum atomic E-state index is -0.500. The number of aromatic nitrogens is 2. The van der Waals surface area contributed by atoms with Crippen molar-refractivity contribution in [3.8, 4) is 0 Å². The number of hydrogen-bond acceptors (Lipinski definition) is 2. The number of fused-ring (bicyclic) bond motifs is 1. The van der Waals surface area contributed by atoms with E-state index in [4.69, 9.17) is 23.2 Å². The molecule has 0 bridgehead atoms. The van der Waals surface area contributed by atoms with Crippen LogP contribution in [0.1, 0.15) is 37.0 Å². The van der Waals surface area contributed by atoms with Gasteiger partial charge in [-0.15, -0.1) is 11.6 Å². The van der Waals surface area contributed by atoms with Gasteiger partial charge in [0.05, 0.1) is 27.5 Å². The first-order chi connectivity index (χ1) is 9.97. The Hall–Kier alpha value is -1.33. The van der Waals surface area contributed by atoms with Gasteiger partial charge >= 0.3 is 0 Å². The summed E-state index contributed by atoms with van der Waals surface area (Å²) in [5.74, 6) is 0.203. The summed E-state index contributed by atoms with van der Waals surface area (Å²) in [7, 11) is 0. The van der Waals surface area contributed by atoms with Gasteiger partial charge in [0, 0.05) is 19.0 Å². The van der Waals surface area contributed by atoms with Gasteiger partial charge in [-0.2, -0.15) is 0 Å². The fourth-order valence-electron chi connectivity index (χ4n) is 2.71. The van der Waals surface area contributed by atoms with Crippen LogP contribution in [0.2, 0.25) is 5.02 Å². The highest BCUT2D eigenvalue weighted by atomic mass is 35.5. The van der Waals surface area contributed by atoms with Gasteiger partial charge in [0.2, 0.25) is 5.91 Å². The van der Waals surface area contributed by atoms with Gasteiger partial charge in [-0.25, -0.2) is 9.37 Å². The van der Waals surface area contributed by atoms with E-state index in [-0.39, 0.29) is 22.3 Å². The fourth-order valence-corrected chi connectivity index (χ4v) is 3.03. The molecule has 1 saturated heterocycles. The van der Waals surface area contributed by atoms with Crippen LogP contribution in [0.5, 0.6) is 0 Å². The summed E-state index contributed by atoms with van der Waals surface area (Å²) < 4.78 is 15.6. The molecule has 1 aliphatic rings. The lowest BCUT2D eigenvalue weighted by molar-refractivity contribution is -0.122. The summed E-state index contributed by atoms with van der Waals surface area (Å²) >= 11 is 12.1. The summed E-state index contributed by atoms with van der Waals surface area (Å²) in [5, 5.41) is 2.57. The summed E-state index contributed by atoms with van der Waals surface area (Å²) in [5.41, 5.74) is 1.27. The average molecular weight is 330 g/mol. The lowest BCUT2D eigenvalue weighted by Gasteiger charge is -2.26. The van der Waals surface area contributed by atoms with Gasteiger partial charge in [-0.1, -0.05) is 11.6 Å². The van der Waals surface area contributed by atoms with Gasteiger partial charge in [0.1, 0.15) is 11.6 Å². The second-order valence-corrected chi connectivity index (χ2v) is 6.27. The first-order valence-electron chi connectivity index (χ1n) is 6.75. The number of rotatable bonds is 2. The number of carbonyl (C=O) groups excluding carboxylic acids is 1. The molecule has 1 N–H and O–H groups in total. The third kappa shape index (κ3) is 2.60. The van der Waals surface area contributed by atoms with Gasteiger partial charge < -0.3 is 9.88 Å². The van der Waals surface area contributed by atoms with Crippen LogP contribution in [0, 0.1) is 5.82 Å². The first-order valence-corrected chi connectivity index (χ1v) is 7.56. The van der Waals surface area contributed by atoms with Crippen LogP contribution in [-0.2, 0) is 4.79 Å². The molecule has 1 amide bonds. The van der Waals surface area contributed by atoms with Crippen molar-refractivity contribution in [2.24, 2.45) is 0 Å². The molecule has 2 heterocycles. The third-order valence-electron chi connectivity index (χ3n) is 3.72. The van der Waals surface area contributed by atoms with Crippen molar-refractivity contribution in [3.05, 3.63) is 28.8 Å². The van der Waals surface area contributed by atoms with Crippen LogP contribution < -0.4 is 5.32 Å². The van der Waals surface area contributed by atoms with Gasteiger partial charge in [-0.05, 0) is 19.4 Å². The maximum absolute atomic E-state index is 13.6. The summed E-state index contributed by atoms with van der Waals surface area (Å²) in [6.45, 7) is 2.33. The summed E-state index contributed by atoms with van der Waals surface area (Å²) in [6, 6.07) is 2.93. The predicted octanol–water partition coefficient (Wildman–Crippen LogP) is 3.58. The van der Waals surface area contributed by atoms with E-state index < -0.39 is 5.82 Å². The molecule has 1 aromatic carbocycles. The number of alkyl halides is 1. The van der Waals surface area contributed by atoms with E-state index in [0.717, 1.165) is 5.52 Å². The number of halogens is 3. The van der Waals surface area contributed by atoms with E-state index in [1.165, 1.54) is 6.07 Å². The van der Waals surface area contributed by atoms with E-state index in [9.17, 15) is 9.18 Å². The zero-order chi connectivity index (χ0) is 15.1. The number of nitrogens with one attached hydrogen (secondary N) is 1. The zero-order valence-electron chi connectivity index (χ0n) is 11.4. The number of carbonyl (C=O) groups is 1. The third-order valence-corrected chi connectivity index (χ3v) is 4.20. The molecule has 21 heavy (non-hydrogen) atoms. The minimum absolute atomic E-state index is 0.0419. The highest BCUT2D eigenvalue weighted by Crippen LogP contribution is 2.32. The number of piperidine rings is 1. The van der Waals surface area contributed by atoms with Crippen molar-refractivity contribution < 1.29 is 9.18 Å². The van der Waals surface area contributed by atoms with Gasteiger partial charge in [0.15, 0.2) is 0 Å². The number of hydrogen-bond donors (Lipinski definition) is 1. The van der Waals surface area contributed by atoms with Gasteiger partial charge in [-0.3, -0.25) is 4.79 Å². The molecule has 0 radical (unpaired) electrons. The molecule has 3 rings (SSSR count). The van der Waals surface area contributed by atoms with Crippen molar-refractivity contribution in [3.63, 3.8) is 0 Å². The molecule has 2 aromatic rings. The Kier molecular flexibility index (Phi) is 3.80. The molecule has 112 valence electrons. The maximum Gasteiger partial charge on any atom is 0.220 e. The van der Waals surface area contributed by atoms with Crippen molar-refractivity contribution >= 4 is 40.1 Å². The molecule has 0 aliphatic carbocycles. The molecular formula is C14H14Cl2FN3O. The summed E-state index contributed by atoms with van der Waals surface area (Å²) in [4.78, 5) is 15.8. The first kappa shape index (κ1) is 14.6. The molecule has 7 heteroatoms. The Morgan fingerprint density at radius 2 is 2.29 bits per heavy atom. The SMILES string of the molecule is CC(Cl)c1nc2cc(F)c(Cl)cc2n1C1CCC(=O)NC1. The predicted molar refractivity (Wildman–Crippen MR) is 80.2 cm³/mol. The molecule has 0 spiro atoms. The highest BCUT2D eigenvalue weighted by molar-refractivity contribution is 6.31. The van der Waals surface area contributed by atoms with E-state index in [0.29, 0.717) is 30.7 Å². The van der Waals surface area contributed by atoms with Crippen LogP contribution in [-0.4, -0.2) is 22.0 Å². The minimum Gasteiger partial charge on any atom is -0.354 e. The maximum atomic E-state index is 13.6. The van der Waals surface area contributed by atoms with Crippen LogP contribution in [0.4, 0.5) is 4.39 Å². The number of nitrogens with zero attached hydrogens (tertiary/aromatic N) is 2. The Labute approximate surface area is 131 Å². The smallest absolute Gasteiger partial charge is 0.220 e. The van der Waals surface area contributed by atoms with Crippen molar-refractivity contribution in [1.82, 2.24) is 14.9 Å². The van der Waals surface area contributed by atoms with Crippen LogP contribution in [0.15, 0.2) is 12.1 Å². The normalized spacial score (nSPS) is 20.6. The monoisotopic (exact) mass is 329 g/mol. The van der Waals surface area contributed by atoms with Crippen molar-refractivity contribution in [2.45, 2.75) is 31.2 Å². The quantitative estimate of drug-likeness (QED) is 0.856. The summed E-state index contributed by atoms with van der Waals surface area (Å²) in [6.07, 6.45) is 1.15. The molecular weight excluding hydrogens is 316 g/mol. The Morgan fingerprint density at radius 3 is 2.90 bits per heavy atom. The van der Waals surface area contributed by atoms with E-state index in [1.807, 2.05) is 11.5 Å². The van der Waals surface area contributed by atoms with E-state index >= 15 is 0 Å². The topological polar surface area (TPSA) is 46.9 Å². The standard InChI is InChI=1S/C14H14Cl2FN3O/c1-7(15)14-19-11-5-10(17)9(16)4-12(11)20(14)8-2-3-13(21)18-6-8/h4-5,7-8H,2-3,6H2,1H3,(H,18,21). The van der Waals surface area contributed by atoms with Gasteiger partial charge in [0.25, 0.3) is 0 Å². The Bertz CT molecular complexity index is 704. The molecule has 0 saturated carbocycles. The largest absolute Gasteiger partial charge is 0.354 e. The number of imidazole rings is 1. The number of benzene rings is 1. The molecule has 1 fully saturated rings. The fraction of sp³-hybridized carbons (Fsp3) is 0.429. The molecule has 1 aliphatic heterocycles. The lowest BCUT2D eigenvalue weighted by Crippen LogP contribution is -2.36. The second-order valence-electron chi connectivity index (χ2n) is 5.21. The molecule has 2 atom stereocenters. The van der Waals surface area contributed by atoms with Crippen LogP contribution >= 0.6 is 23.2 Å². The van der Waals surface area contributed by atoms with Crippen LogP contribution in [0.25, 0.3) is 11.0 Å². The average Bonchev–Trinajstić information content (AvgIpc) is 2.79. The zero-order valence-corrected chi connectivity index (χ0v) is 12.9. The Morgan fingerprint density at radius 1 is 1.52 bits per heavy atom. The number of amides is 1. The van der Waals surface area contributed by atoms with E-state index in [1.54, 1.807) is 6.07 Å². The van der Waals surface area contributed by atoms with Crippen molar-refractivity contribution in [2.75, 3.05) is 6.54 Å². The lowest BCUT2D eigenvalue weighted by atomic mass is 10.1. The molecule has 2 unspecified atom stereocenters. The van der Waals surface area contributed by atoms with Crippen molar-refractivity contribution in [1.29, 1.82) is 0 Å². The highest BCUT2D eigenvalue weighted by Gasteiger charge is 2.26. The second kappa shape index (κ2) is 5.46. The Balaban J connectivity index is 2.16. The molecule has 1 aromatic heterocycles. The van der Waals surface area contributed by atoms with Crippen LogP contribution in [0.3, 0.4) is 0 Å². The van der Waals surface area contributed by atoms with E-state index in [2.05, 4.69) is 10.3 Å². The molecule has 4 nitrogen and oxygen atoms in total.